The van der Waals surface area contributed by atoms with Gasteiger partial charge in [-0.15, -0.1) is 0 Å². The Balaban J connectivity index is 1.79. The maximum Gasteiger partial charge on any atom is 0.252 e. The van der Waals surface area contributed by atoms with Crippen molar-refractivity contribution in [3.05, 3.63) is 89.2 Å². The summed E-state index contributed by atoms with van der Waals surface area (Å²) in [7, 11) is 0. The number of aromatic nitrogens is 4. The summed E-state index contributed by atoms with van der Waals surface area (Å²) in [4.78, 5) is 21.8. The smallest absolute Gasteiger partial charge is 0.252 e. The number of carbonyl (C=O) groups excluding carboxylic acids is 1. The zero-order valence-electron chi connectivity index (χ0n) is 16.8. The van der Waals surface area contributed by atoms with Crippen LogP contribution in [-0.4, -0.2) is 25.7 Å². The SMILES string of the molecule is Cc1cc(C)nc(-n2nc(-c3ccccc3)c3c2NC(=O)CC3c2ccccc2)n1. The first-order chi connectivity index (χ1) is 14.6. The van der Waals surface area contributed by atoms with Crippen molar-refractivity contribution in [1.82, 2.24) is 19.7 Å². The van der Waals surface area contributed by atoms with Crippen molar-refractivity contribution >= 4 is 11.7 Å². The molecule has 1 aliphatic rings. The molecule has 5 rings (SSSR count). The molecule has 1 N–H and O–H groups in total. The number of aryl methyl sites for hydroxylation is 2. The summed E-state index contributed by atoms with van der Waals surface area (Å²) < 4.78 is 1.67. The van der Waals surface area contributed by atoms with Gasteiger partial charge in [0, 0.05) is 34.9 Å². The molecule has 6 nitrogen and oxygen atoms in total. The summed E-state index contributed by atoms with van der Waals surface area (Å²) in [5, 5.41) is 7.94. The second kappa shape index (κ2) is 7.22. The van der Waals surface area contributed by atoms with E-state index in [4.69, 9.17) is 5.10 Å². The second-order valence-corrected chi connectivity index (χ2v) is 7.55. The standard InChI is InChI=1S/C24H21N5O/c1-15-13-16(2)26-24(25-15)29-23-21(22(28-29)18-11-7-4-8-12-18)19(14-20(30)27-23)17-9-5-3-6-10-17/h3-13,19H,14H2,1-2H3,(H,27,30). The van der Waals surface area contributed by atoms with E-state index in [0.29, 0.717) is 18.2 Å². The Morgan fingerprint density at radius 3 is 2.23 bits per heavy atom. The van der Waals surface area contributed by atoms with Gasteiger partial charge in [0.2, 0.25) is 5.91 Å². The fourth-order valence-electron chi connectivity index (χ4n) is 4.08. The molecule has 2 aromatic carbocycles. The van der Waals surface area contributed by atoms with Gasteiger partial charge in [-0.25, -0.2) is 9.97 Å². The van der Waals surface area contributed by atoms with Crippen LogP contribution >= 0.6 is 0 Å². The molecule has 1 atom stereocenters. The van der Waals surface area contributed by atoms with Crippen LogP contribution in [-0.2, 0) is 4.79 Å². The van der Waals surface area contributed by atoms with Crippen molar-refractivity contribution < 1.29 is 4.79 Å². The summed E-state index contributed by atoms with van der Waals surface area (Å²) in [6.07, 6.45) is 0.371. The van der Waals surface area contributed by atoms with E-state index in [1.54, 1.807) is 4.68 Å². The van der Waals surface area contributed by atoms with Crippen molar-refractivity contribution in [2.24, 2.45) is 0 Å². The number of hydrogen-bond acceptors (Lipinski definition) is 4. The number of anilines is 1. The molecule has 0 saturated carbocycles. The van der Waals surface area contributed by atoms with E-state index in [1.807, 2.05) is 68.4 Å². The molecule has 0 spiro atoms. The van der Waals surface area contributed by atoms with Crippen LogP contribution in [0.5, 0.6) is 0 Å². The van der Waals surface area contributed by atoms with Crippen LogP contribution in [0.25, 0.3) is 17.2 Å². The number of nitrogens with one attached hydrogen (secondary N) is 1. The van der Waals surface area contributed by atoms with Crippen molar-refractivity contribution in [3.8, 4) is 17.2 Å². The van der Waals surface area contributed by atoms with Crippen LogP contribution < -0.4 is 5.32 Å². The molecule has 30 heavy (non-hydrogen) atoms. The molecule has 148 valence electrons. The Morgan fingerprint density at radius 2 is 1.57 bits per heavy atom. The number of nitrogens with zero attached hydrogens (tertiary/aromatic N) is 4. The van der Waals surface area contributed by atoms with E-state index in [0.717, 1.165) is 33.8 Å². The molecular formula is C24H21N5O. The predicted octanol–water partition coefficient (Wildman–Crippen LogP) is 4.42. The maximum atomic E-state index is 12.7. The van der Waals surface area contributed by atoms with Gasteiger partial charge in [0.1, 0.15) is 5.82 Å². The molecule has 1 unspecified atom stereocenters. The number of carbonyl (C=O) groups is 1. The largest absolute Gasteiger partial charge is 0.310 e. The highest BCUT2D eigenvalue weighted by molar-refractivity contribution is 5.96. The molecular weight excluding hydrogens is 374 g/mol. The number of benzene rings is 2. The van der Waals surface area contributed by atoms with Gasteiger partial charge in [0.15, 0.2) is 0 Å². The minimum atomic E-state index is -0.0928. The molecule has 6 heteroatoms. The van der Waals surface area contributed by atoms with Crippen LogP contribution in [0, 0.1) is 13.8 Å². The zero-order chi connectivity index (χ0) is 20.7. The van der Waals surface area contributed by atoms with Gasteiger partial charge in [-0.1, -0.05) is 60.7 Å². The third-order valence-corrected chi connectivity index (χ3v) is 5.33. The van der Waals surface area contributed by atoms with E-state index in [-0.39, 0.29) is 11.8 Å². The molecule has 0 radical (unpaired) electrons. The molecule has 0 fully saturated rings. The van der Waals surface area contributed by atoms with E-state index < -0.39 is 0 Å². The highest BCUT2D eigenvalue weighted by Crippen LogP contribution is 2.43. The van der Waals surface area contributed by atoms with Gasteiger partial charge in [-0.3, -0.25) is 4.79 Å². The quantitative estimate of drug-likeness (QED) is 0.557. The van der Waals surface area contributed by atoms with Gasteiger partial charge in [0.25, 0.3) is 5.95 Å². The summed E-state index contributed by atoms with van der Waals surface area (Å²) in [5.41, 5.74) is 5.62. The van der Waals surface area contributed by atoms with E-state index in [9.17, 15) is 4.79 Å². The fraction of sp³-hybridized carbons (Fsp3) is 0.167. The van der Waals surface area contributed by atoms with Crippen molar-refractivity contribution in [3.63, 3.8) is 0 Å². The van der Waals surface area contributed by atoms with Gasteiger partial charge in [0.05, 0.1) is 5.69 Å². The Labute approximate surface area is 174 Å². The van der Waals surface area contributed by atoms with E-state index >= 15 is 0 Å². The Hall–Kier alpha value is -3.80. The lowest BCUT2D eigenvalue weighted by atomic mass is 9.84. The Kier molecular flexibility index (Phi) is 4.39. The van der Waals surface area contributed by atoms with Gasteiger partial charge < -0.3 is 5.32 Å². The monoisotopic (exact) mass is 395 g/mol. The highest BCUT2D eigenvalue weighted by Gasteiger charge is 2.34. The van der Waals surface area contributed by atoms with Crippen molar-refractivity contribution in [2.75, 3.05) is 5.32 Å². The second-order valence-electron chi connectivity index (χ2n) is 7.55. The average molecular weight is 395 g/mol. The number of rotatable bonds is 3. The molecule has 1 aliphatic heterocycles. The number of hydrogen-bond donors (Lipinski definition) is 1. The van der Waals surface area contributed by atoms with Crippen LogP contribution in [0.15, 0.2) is 66.7 Å². The lowest BCUT2D eigenvalue weighted by Gasteiger charge is -2.24. The normalized spacial score (nSPS) is 15.5. The van der Waals surface area contributed by atoms with Crippen molar-refractivity contribution in [1.29, 1.82) is 0 Å². The molecule has 4 aromatic rings. The third kappa shape index (κ3) is 3.16. The van der Waals surface area contributed by atoms with Gasteiger partial charge in [-0.2, -0.15) is 9.78 Å². The Morgan fingerprint density at radius 1 is 0.933 bits per heavy atom. The van der Waals surface area contributed by atoms with Crippen molar-refractivity contribution in [2.45, 2.75) is 26.2 Å². The van der Waals surface area contributed by atoms with Gasteiger partial charge >= 0.3 is 0 Å². The minimum Gasteiger partial charge on any atom is -0.310 e. The van der Waals surface area contributed by atoms with E-state index in [1.165, 1.54) is 0 Å². The summed E-state index contributed by atoms with van der Waals surface area (Å²) >= 11 is 0. The van der Waals surface area contributed by atoms with E-state index in [2.05, 4.69) is 27.4 Å². The number of amides is 1. The first kappa shape index (κ1) is 18.2. The molecule has 2 aromatic heterocycles. The van der Waals surface area contributed by atoms with Gasteiger partial charge in [-0.05, 0) is 25.5 Å². The zero-order valence-corrected chi connectivity index (χ0v) is 16.8. The molecule has 0 bridgehead atoms. The highest BCUT2D eigenvalue weighted by atomic mass is 16.1. The summed E-state index contributed by atoms with van der Waals surface area (Å²) in [6.45, 7) is 3.86. The molecule has 1 amide bonds. The first-order valence-electron chi connectivity index (χ1n) is 9.96. The van der Waals surface area contributed by atoms with Crippen LogP contribution in [0.3, 0.4) is 0 Å². The summed E-state index contributed by atoms with van der Waals surface area (Å²) in [5.74, 6) is 0.968. The first-order valence-corrected chi connectivity index (χ1v) is 9.96. The average Bonchev–Trinajstić information content (AvgIpc) is 3.13. The lowest BCUT2D eigenvalue weighted by Crippen LogP contribution is -2.25. The summed E-state index contributed by atoms with van der Waals surface area (Å²) in [6, 6.07) is 22.1. The fourth-order valence-corrected chi connectivity index (χ4v) is 4.08. The lowest BCUT2D eigenvalue weighted by molar-refractivity contribution is -0.116. The molecule has 0 saturated heterocycles. The minimum absolute atomic E-state index is 0.0403. The molecule has 0 aliphatic carbocycles. The molecule has 3 heterocycles. The van der Waals surface area contributed by atoms with Crippen LogP contribution in [0.1, 0.15) is 34.9 Å². The Bertz CT molecular complexity index is 1210. The number of fused-ring (bicyclic) bond motifs is 1. The predicted molar refractivity (Wildman–Crippen MR) is 116 cm³/mol. The van der Waals surface area contributed by atoms with Crippen LogP contribution in [0.4, 0.5) is 5.82 Å². The maximum absolute atomic E-state index is 12.7. The van der Waals surface area contributed by atoms with Crippen LogP contribution in [0.2, 0.25) is 0 Å². The topological polar surface area (TPSA) is 72.7 Å². The third-order valence-electron chi connectivity index (χ3n) is 5.33.